The topological polar surface area (TPSA) is 50.8 Å². The molecule has 0 aromatic heterocycles. The smallest absolute Gasteiger partial charge is 0.418 e. The van der Waals surface area contributed by atoms with Crippen molar-refractivity contribution in [2.24, 2.45) is 0 Å². The Hall–Kier alpha value is -2.45. The zero-order chi connectivity index (χ0) is 21.2. The molecule has 1 heterocycles. The molecule has 3 rings (SSSR count). The van der Waals surface area contributed by atoms with Crippen LogP contribution in [0.5, 0.6) is 11.5 Å². The second kappa shape index (κ2) is 8.51. The average Bonchev–Trinajstić information content (AvgIpc) is 2.67. The summed E-state index contributed by atoms with van der Waals surface area (Å²) in [7, 11) is 3.11. The Kier molecular flexibility index (Phi) is 6.24. The van der Waals surface area contributed by atoms with Gasteiger partial charge >= 0.3 is 6.18 Å². The summed E-state index contributed by atoms with van der Waals surface area (Å²) in [6.07, 6.45) is -3.93. The monoisotopic (exact) mass is 428 g/mol. The number of benzene rings is 2. The van der Waals surface area contributed by atoms with Gasteiger partial charge in [0.15, 0.2) is 11.5 Å². The Morgan fingerprint density at radius 3 is 2.41 bits per heavy atom. The molecule has 0 unspecified atom stereocenters. The molecule has 2 aromatic rings. The number of alkyl halides is 3. The molecule has 0 fully saturated rings. The van der Waals surface area contributed by atoms with Crippen LogP contribution in [0.4, 0.5) is 18.9 Å². The predicted octanol–water partition coefficient (Wildman–Crippen LogP) is 4.37. The molecule has 0 bridgehead atoms. The van der Waals surface area contributed by atoms with Crippen LogP contribution in [-0.2, 0) is 23.9 Å². The molecular weight excluding hydrogens is 409 g/mol. The summed E-state index contributed by atoms with van der Waals surface area (Å²) in [6, 6.07) is 7.04. The minimum Gasteiger partial charge on any atom is -0.493 e. The summed E-state index contributed by atoms with van der Waals surface area (Å²) in [5, 5.41) is 2.30. The summed E-state index contributed by atoms with van der Waals surface area (Å²) in [6.45, 7) is 1.05. The third-order valence-corrected chi connectivity index (χ3v) is 4.96. The largest absolute Gasteiger partial charge is 0.493 e. The molecule has 1 aliphatic heterocycles. The van der Waals surface area contributed by atoms with E-state index < -0.39 is 17.6 Å². The molecular formula is C20H20ClF3N2O3. The molecule has 2 aromatic carbocycles. The van der Waals surface area contributed by atoms with E-state index in [1.807, 2.05) is 17.0 Å². The number of hydrogen-bond acceptors (Lipinski definition) is 4. The standard InChI is InChI=1S/C20H20ClF3N2O3/c1-28-17-7-12-5-6-26(10-13(12)8-18(17)29-2)11-19(27)25-16-4-3-14(21)9-15(16)20(22,23)24/h3-4,7-9H,5-6,10-11H2,1-2H3,(H,25,27). The maximum absolute atomic E-state index is 13.2. The molecule has 0 saturated carbocycles. The van der Waals surface area contributed by atoms with Crippen molar-refractivity contribution in [1.82, 2.24) is 4.90 Å². The van der Waals surface area contributed by atoms with E-state index in [4.69, 9.17) is 21.1 Å². The summed E-state index contributed by atoms with van der Waals surface area (Å²) in [5.41, 5.74) is 0.801. The van der Waals surface area contributed by atoms with Gasteiger partial charge in [-0.1, -0.05) is 11.6 Å². The van der Waals surface area contributed by atoms with E-state index in [0.717, 1.165) is 23.3 Å². The predicted molar refractivity (Wildman–Crippen MR) is 104 cm³/mol. The number of carbonyl (C=O) groups is 1. The molecule has 0 atom stereocenters. The van der Waals surface area contributed by atoms with Crippen molar-refractivity contribution in [2.75, 3.05) is 32.6 Å². The van der Waals surface area contributed by atoms with Crippen molar-refractivity contribution in [3.05, 3.63) is 52.0 Å². The van der Waals surface area contributed by atoms with Crippen LogP contribution in [-0.4, -0.2) is 38.1 Å². The Balaban J connectivity index is 1.70. The number of halogens is 4. The van der Waals surface area contributed by atoms with Crippen LogP contribution in [0.3, 0.4) is 0 Å². The van der Waals surface area contributed by atoms with Crippen LogP contribution in [0, 0.1) is 0 Å². The van der Waals surface area contributed by atoms with Gasteiger partial charge in [0.05, 0.1) is 32.0 Å². The fraction of sp³-hybridized carbons (Fsp3) is 0.350. The zero-order valence-electron chi connectivity index (χ0n) is 15.9. The van der Waals surface area contributed by atoms with Gasteiger partial charge in [0.1, 0.15) is 0 Å². The highest BCUT2D eigenvalue weighted by molar-refractivity contribution is 6.30. The van der Waals surface area contributed by atoms with Crippen LogP contribution in [0.2, 0.25) is 5.02 Å². The Morgan fingerprint density at radius 1 is 1.14 bits per heavy atom. The van der Waals surface area contributed by atoms with Crippen LogP contribution >= 0.6 is 11.6 Å². The van der Waals surface area contributed by atoms with E-state index >= 15 is 0 Å². The molecule has 0 saturated heterocycles. The number of rotatable bonds is 5. The molecule has 0 radical (unpaired) electrons. The Morgan fingerprint density at radius 2 is 1.79 bits per heavy atom. The number of carbonyl (C=O) groups excluding carboxylic acids is 1. The normalized spacial score (nSPS) is 14.3. The molecule has 29 heavy (non-hydrogen) atoms. The highest BCUT2D eigenvalue weighted by Crippen LogP contribution is 2.37. The Bertz CT molecular complexity index is 919. The van der Waals surface area contributed by atoms with Gasteiger partial charge in [-0.3, -0.25) is 9.69 Å². The number of nitrogens with one attached hydrogen (secondary N) is 1. The number of fused-ring (bicyclic) bond motifs is 1. The molecule has 1 amide bonds. The Labute approximate surface area is 171 Å². The lowest BCUT2D eigenvalue weighted by molar-refractivity contribution is -0.137. The first-order valence-corrected chi connectivity index (χ1v) is 9.21. The van der Waals surface area contributed by atoms with Gasteiger partial charge in [0, 0.05) is 18.1 Å². The van der Waals surface area contributed by atoms with Gasteiger partial charge in [-0.25, -0.2) is 0 Å². The average molecular weight is 429 g/mol. The number of ether oxygens (including phenoxy) is 2. The lowest BCUT2D eigenvalue weighted by atomic mass is 9.99. The van der Waals surface area contributed by atoms with E-state index in [2.05, 4.69) is 5.32 Å². The third-order valence-electron chi connectivity index (χ3n) is 4.73. The fourth-order valence-corrected chi connectivity index (χ4v) is 3.50. The molecule has 0 spiro atoms. The first-order valence-electron chi connectivity index (χ1n) is 8.84. The number of anilines is 1. The van der Waals surface area contributed by atoms with E-state index in [9.17, 15) is 18.0 Å². The van der Waals surface area contributed by atoms with Gasteiger partial charge in [-0.15, -0.1) is 0 Å². The van der Waals surface area contributed by atoms with Crippen LogP contribution in [0.15, 0.2) is 30.3 Å². The van der Waals surface area contributed by atoms with Crippen LogP contribution in [0.1, 0.15) is 16.7 Å². The summed E-state index contributed by atoms with van der Waals surface area (Å²) < 4.78 is 50.2. The highest BCUT2D eigenvalue weighted by atomic mass is 35.5. The van der Waals surface area contributed by atoms with E-state index in [1.54, 1.807) is 14.2 Å². The zero-order valence-corrected chi connectivity index (χ0v) is 16.7. The number of amides is 1. The van der Waals surface area contributed by atoms with Crippen molar-refractivity contribution in [3.63, 3.8) is 0 Å². The van der Waals surface area contributed by atoms with E-state index in [1.165, 1.54) is 6.07 Å². The van der Waals surface area contributed by atoms with Crippen molar-refractivity contribution < 1.29 is 27.4 Å². The minimum atomic E-state index is -4.62. The van der Waals surface area contributed by atoms with Gasteiger partial charge in [-0.2, -0.15) is 13.2 Å². The second-order valence-electron chi connectivity index (χ2n) is 6.67. The van der Waals surface area contributed by atoms with Crippen molar-refractivity contribution in [3.8, 4) is 11.5 Å². The SMILES string of the molecule is COc1cc2c(cc1OC)CN(CC(=O)Nc1ccc(Cl)cc1C(F)(F)F)CC2. The van der Waals surface area contributed by atoms with Crippen molar-refractivity contribution in [2.45, 2.75) is 19.1 Å². The lowest BCUT2D eigenvalue weighted by Crippen LogP contribution is -2.37. The third kappa shape index (κ3) is 4.94. The van der Waals surface area contributed by atoms with E-state index in [0.29, 0.717) is 31.0 Å². The molecule has 0 aliphatic carbocycles. The molecule has 9 heteroatoms. The first-order chi connectivity index (χ1) is 13.7. The maximum Gasteiger partial charge on any atom is 0.418 e. The molecule has 1 N–H and O–H groups in total. The number of nitrogens with zero attached hydrogens (tertiary/aromatic N) is 1. The van der Waals surface area contributed by atoms with Crippen LogP contribution < -0.4 is 14.8 Å². The number of methoxy groups -OCH3 is 2. The fourth-order valence-electron chi connectivity index (χ4n) is 3.33. The molecule has 1 aliphatic rings. The first kappa shape index (κ1) is 21.3. The maximum atomic E-state index is 13.2. The van der Waals surface area contributed by atoms with Gasteiger partial charge < -0.3 is 14.8 Å². The lowest BCUT2D eigenvalue weighted by Gasteiger charge is -2.29. The van der Waals surface area contributed by atoms with Crippen molar-refractivity contribution in [1.29, 1.82) is 0 Å². The summed E-state index contributed by atoms with van der Waals surface area (Å²) in [5.74, 6) is 0.704. The molecule has 5 nitrogen and oxygen atoms in total. The van der Waals surface area contributed by atoms with Crippen molar-refractivity contribution >= 4 is 23.2 Å². The summed E-state index contributed by atoms with van der Waals surface area (Å²) in [4.78, 5) is 14.3. The number of hydrogen-bond donors (Lipinski definition) is 1. The van der Waals surface area contributed by atoms with Gasteiger partial charge in [0.25, 0.3) is 0 Å². The summed E-state index contributed by atoms with van der Waals surface area (Å²) >= 11 is 5.67. The van der Waals surface area contributed by atoms with Gasteiger partial charge in [-0.05, 0) is 47.9 Å². The minimum absolute atomic E-state index is 0.0340. The quantitative estimate of drug-likeness (QED) is 0.768. The van der Waals surface area contributed by atoms with Crippen LogP contribution in [0.25, 0.3) is 0 Å². The van der Waals surface area contributed by atoms with E-state index in [-0.39, 0.29) is 17.3 Å². The molecule has 156 valence electrons. The second-order valence-corrected chi connectivity index (χ2v) is 7.11. The van der Waals surface area contributed by atoms with Gasteiger partial charge in [0.2, 0.25) is 5.91 Å². The highest BCUT2D eigenvalue weighted by Gasteiger charge is 2.34.